The Labute approximate surface area is 116 Å². The average molecular weight is 333 g/mol. The molecular formula is C12H17BrN2O2S. The van der Waals surface area contributed by atoms with E-state index in [-0.39, 0.29) is 16.0 Å². The van der Waals surface area contributed by atoms with E-state index in [2.05, 4.69) is 27.6 Å². The van der Waals surface area contributed by atoms with Gasteiger partial charge in [-0.3, -0.25) is 0 Å². The Bertz CT molecular complexity index is 553. The first-order valence-electron chi connectivity index (χ1n) is 5.87. The van der Waals surface area contributed by atoms with Crippen molar-refractivity contribution in [3.63, 3.8) is 0 Å². The van der Waals surface area contributed by atoms with E-state index in [0.717, 1.165) is 12.8 Å². The lowest BCUT2D eigenvalue weighted by Gasteiger charge is -2.38. The van der Waals surface area contributed by atoms with Crippen LogP contribution in [0.1, 0.15) is 26.2 Å². The molecule has 0 heterocycles. The highest BCUT2D eigenvalue weighted by Crippen LogP contribution is 2.39. The molecule has 18 heavy (non-hydrogen) atoms. The maximum atomic E-state index is 12.2. The summed E-state index contributed by atoms with van der Waals surface area (Å²) in [5.74, 6) is 0. The van der Waals surface area contributed by atoms with Crippen LogP contribution in [0.5, 0.6) is 0 Å². The first kappa shape index (κ1) is 13.8. The summed E-state index contributed by atoms with van der Waals surface area (Å²) in [4.78, 5) is 0.139. The van der Waals surface area contributed by atoms with Gasteiger partial charge in [0.15, 0.2) is 0 Å². The second-order valence-electron chi connectivity index (χ2n) is 5.17. The minimum absolute atomic E-state index is 0.105. The molecule has 1 aliphatic rings. The molecule has 1 aromatic rings. The van der Waals surface area contributed by atoms with Crippen LogP contribution in [-0.4, -0.2) is 15.0 Å². The zero-order chi connectivity index (χ0) is 13.4. The number of hydrogen-bond donors (Lipinski definition) is 2. The average Bonchev–Trinajstić information content (AvgIpc) is 2.27. The molecule has 1 aromatic carbocycles. The molecule has 1 aliphatic carbocycles. The number of nitrogens with one attached hydrogen (secondary N) is 1. The first-order valence-corrected chi connectivity index (χ1v) is 8.15. The number of benzene rings is 1. The fourth-order valence-electron chi connectivity index (χ4n) is 2.05. The predicted octanol–water partition coefficient (Wildman–Crippen LogP) is 2.50. The van der Waals surface area contributed by atoms with Gasteiger partial charge >= 0.3 is 0 Å². The molecule has 0 aromatic heterocycles. The van der Waals surface area contributed by atoms with Gasteiger partial charge in [-0.25, -0.2) is 13.1 Å². The summed E-state index contributed by atoms with van der Waals surface area (Å²) in [6.45, 7) is 2.57. The maximum absolute atomic E-state index is 12.2. The molecule has 0 amide bonds. The summed E-state index contributed by atoms with van der Waals surface area (Å²) in [6.07, 6.45) is 3.32. The zero-order valence-electron chi connectivity index (χ0n) is 10.2. The van der Waals surface area contributed by atoms with Gasteiger partial charge in [0.25, 0.3) is 0 Å². The van der Waals surface area contributed by atoms with Crippen molar-refractivity contribution < 1.29 is 8.42 Å². The molecule has 1 fully saturated rings. The first-order chi connectivity index (χ1) is 8.32. The fraction of sp³-hybridized carbons (Fsp3) is 0.500. The molecule has 4 nitrogen and oxygen atoms in total. The van der Waals surface area contributed by atoms with Gasteiger partial charge in [0.2, 0.25) is 10.0 Å². The Kier molecular flexibility index (Phi) is 3.71. The monoisotopic (exact) mass is 332 g/mol. The Balaban J connectivity index is 2.17. The van der Waals surface area contributed by atoms with E-state index in [1.165, 1.54) is 12.5 Å². The lowest BCUT2D eigenvalue weighted by atomic mass is 9.71. The second kappa shape index (κ2) is 4.83. The van der Waals surface area contributed by atoms with Crippen LogP contribution in [0.4, 0.5) is 5.69 Å². The van der Waals surface area contributed by atoms with Crippen molar-refractivity contribution in [2.75, 3.05) is 12.3 Å². The topological polar surface area (TPSA) is 72.2 Å². The minimum atomic E-state index is -3.53. The molecular weight excluding hydrogens is 316 g/mol. The fourth-order valence-corrected chi connectivity index (χ4v) is 3.91. The van der Waals surface area contributed by atoms with E-state index in [1.807, 2.05) is 0 Å². The maximum Gasteiger partial charge on any atom is 0.242 e. The molecule has 6 heteroatoms. The van der Waals surface area contributed by atoms with E-state index in [9.17, 15) is 8.42 Å². The smallest absolute Gasteiger partial charge is 0.242 e. The highest BCUT2D eigenvalue weighted by Gasteiger charge is 2.33. The van der Waals surface area contributed by atoms with Crippen LogP contribution in [0, 0.1) is 5.41 Å². The number of halogens is 1. The number of anilines is 1. The van der Waals surface area contributed by atoms with Gasteiger partial charge in [-0.15, -0.1) is 0 Å². The third kappa shape index (κ3) is 2.87. The van der Waals surface area contributed by atoms with Crippen molar-refractivity contribution in [3.8, 4) is 0 Å². The summed E-state index contributed by atoms with van der Waals surface area (Å²) in [5.41, 5.74) is 6.09. The number of rotatable bonds is 4. The van der Waals surface area contributed by atoms with Gasteiger partial charge in [-0.2, -0.15) is 0 Å². The van der Waals surface area contributed by atoms with Crippen molar-refractivity contribution in [2.24, 2.45) is 5.41 Å². The molecule has 0 unspecified atom stereocenters. The van der Waals surface area contributed by atoms with Crippen LogP contribution in [-0.2, 0) is 10.0 Å². The Morgan fingerprint density at radius 2 is 2.11 bits per heavy atom. The van der Waals surface area contributed by atoms with E-state index < -0.39 is 10.0 Å². The number of sulfonamides is 1. The standard InChI is InChI=1S/C12H17BrN2O2S/c1-12(5-2-6-12)8-15-18(16,17)11-7-9(13)3-4-10(11)14/h3-4,7,15H,2,5-6,8,14H2,1H3. The number of hydrogen-bond acceptors (Lipinski definition) is 3. The van der Waals surface area contributed by atoms with Gasteiger partial charge in [0, 0.05) is 11.0 Å². The van der Waals surface area contributed by atoms with Crippen LogP contribution in [0.2, 0.25) is 0 Å². The highest BCUT2D eigenvalue weighted by molar-refractivity contribution is 9.10. The molecule has 0 bridgehead atoms. The molecule has 2 rings (SSSR count). The van der Waals surface area contributed by atoms with Crippen LogP contribution >= 0.6 is 15.9 Å². The summed E-state index contributed by atoms with van der Waals surface area (Å²) in [7, 11) is -3.53. The van der Waals surface area contributed by atoms with Gasteiger partial charge in [0.1, 0.15) is 4.90 Å². The molecule has 100 valence electrons. The minimum Gasteiger partial charge on any atom is -0.398 e. The summed E-state index contributed by atoms with van der Waals surface area (Å²) in [6, 6.07) is 4.84. The van der Waals surface area contributed by atoms with Gasteiger partial charge < -0.3 is 5.73 Å². The van der Waals surface area contributed by atoms with Gasteiger partial charge in [0.05, 0.1) is 5.69 Å². The van der Waals surface area contributed by atoms with Crippen molar-refractivity contribution in [1.29, 1.82) is 0 Å². The number of nitrogens with two attached hydrogens (primary N) is 1. The van der Waals surface area contributed by atoms with E-state index in [4.69, 9.17) is 5.73 Å². The molecule has 3 N–H and O–H groups in total. The van der Waals surface area contributed by atoms with Crippen LogP contribution in [0.3, 0.4) is 0 Å². The number of nitrogen functional groups attached to an aromatic ring is 1. The van der Waals surface area contributed by atoms with Crippen molar-refractivity contribution in [3.05, 3.63) is 22.7 Å². The van der Waals surface area contributed by atoms with Gasteiger partial charge in [-0.1, -0.05) is 29.3 Å². The molecule has 1 saturated carbocycles. The SMILES string of the molecule is CC1(CNS(=O)(=O)c2cc(Br)ccc2N)CCC1. The highest BCUT2D eigenvalue weighted by atomic mass is 79.9. The third-order valence-electron chi connectivity index (χ3n) is 3.51. The quantitative estimate of drug-likeness (QED) is 0.832. The summed E-state index contributed by atoms with van der Waals surface area (Å²) < 4.78 is 27.7. The zero-order valence-corrected chi connectivity index (χ0v) is 12.6. The summed E-state index contributed by atoms with van der Waals surface area (Å²) in [5, 5.41) is 0. The van der Waals surface area contributed by atoms with Gasteiger partial charge in [-0.05, 0) is 36.5 Å². The van der Waals surface area contributed by atoms with Crippen molar-refractivity contribution >= 4 is 31.6 Å². The normalized spacial score (nSPS) is 18.3. The van der Waals surface area contributed by atoms with Crippen LogP contribution < -0.4 is 10.5 Å². The Hall–Kier alpha value is -0.590. The third-order valence-corrected chi connectivity index (χ3v) is 5.46. The Morgan fingerprint density at radius 3 is 2.67 bits per heavy atom. The van der Waals surface area contributed by atoms with Crippen molar-refractivity contribution in [1.82, 2.24) is 4.72 Å². The lowest BCUT2D eigenvalue weighted by molar-refractivity contribution is 0.166. The Morgan fingerprint density at radius 1 is 1.44 bits per heavy atom. The predicted molar refractivity (Wildman–Crippen MR) is 75.7 cm³/mol. The molecule has 0 spiro atoms. The van der Waals surface area contributed by atoms with E-state index in [1.54, 1.807) is 12.1 Å². The van der Waals surface area contributed by atoms with Crippen LogP contribution in [0.15, 0.2) is 27.6 Å². The lowest BCUT2D eigenvalue weighted by Crippen LogP contribution is -2.40. The largest absolute Gasteiger partial charge is 0.398 e. The van der Waals surface area contributed by atoms with Crippen molar-refractivity contribution in [2.45, 2.75) is 31.1 Å². The molecule has 0 aliphatic heterocycles. The molecule has 0 radical (unpaired) electrons. The van der Waals surface area contributed by atoms with Crippen LogP contribution in [0.25, 0.3) is 0 Å². The molecule has 0 saturated heterocycles. The van der Waals surface area contributed by atoms with E-state index in [0.29, 0.717) is 11.0 Å². The summed E-state index contributed by atoms with van der Waals surface area (Å²) >= 11 is 3.26. The molecule has 0 atom stereocenters. The van der Waals surface area contributed by atoms with E-state index >= 15 is 0 Å². The second-order valence-corrected chi connectivity index (χ2v) is 7.82.